The van der Waals surface area contributed by atoms with Crippen molar-refractivity contribution in [2.45, 2.75) is 57.7 Å². The predicted octanol–water partition coefficient (Wildman–Crippen LogP) is 2.94. The monoisotopic (exact) mass is 420 g/mol. The molecule has 0 radical (unpaired) electrons. The van der Waals surface area contributed by atoms with Crippen LogP contribution in [0.25, 0.3) is 5.52 Å². The number of piperidine rings is 1. The minimum absolute atomic E-state index is 0.150. The fourth-order valence-electron chi connectivity index (χ4n) is 4.51. The molecule has 0 spiro atoms. The smallest absolute Gasteiger partial charge is 0.252 e. The minimum Gasteiger partial charge on any atom is -0.380 e. The Morgan fingerprint density at radius 3 is 2.58 bits per heavy atom. The van der Waals surface area contributed by atoms with Crippen LogP contribution in [0.5, 0.6) is 0 Å². The SMILES string of the molecule is CC.N#CC(=N)/C=C\C(=N)N1C2CCC1CC(Nc1c(C(N)=O)cnn3cccc13)C2. The number of hydrogen-bond donors (Lipinski definition) is 4. The zero-order valence-electron chi connectivity index (χ0n) is 17.8. The highest BCUT2D eigenvalue weighted by atomic mass is 16.1. The summed E-state index contributed by atoms with van der Waals surface area (Å²) in [4.78, 5) is 14.0. The number of aromatic nitrogens is 2. The minimum atomic E-state index is -0.518. The Balaban J connectivity index is 0.00000132. The van der Waals surface area contributed by atoms with Crippen molar-refractivity contribution in [3.63, 3.8) is 0 Å². The number of hydrogen-bond acceptors (Lipinski definition) is 6. The molecule has 4 heterocycles. The van der Waals surface area contributed by atoms with Crippen LogP contribution in [0.4, 0.5) is 5.69 Å². The number of anilines is 1. The van der Waals surface area contributed by atoms with Crippen molar-refractivity contribution in [2.24, 2.45) is 5.73 Å². The van der Waals surface area contributed by atoms with E-state index in [-0.39, 0.29) is 23.8 Å². The van der Waals surface area contributed by atoms with Crippen molar-refractivity contribution in [1.82, 2.24) is 14.5 Å². The molecule has 2 aliphatic rings. The third-order valence-corrected chi connectivity index (χ3v) is 5.72. The number of amides is 1. The van der Waals surface area contributed by atoms with Gasteiger partial charge in [-0.1, -0.05) is 13.8 Å². The maximum absolute atomic E-state index is 11.9. The number of nitriles is 1. The molecule has 4 rings (SSSR count). The lowest BCUT2D eigenvalue weighted by molar-refractivity contribution is 0.100. The molecule has 2 unspecified atom stereocenters. The van der Waals surface area contributed by atoms with Crippen LogP contribution < -0.4 is 11.1 Å². The zero-order chi connectivity index (χ0) is 22.5. The molecule has 1 amide bonds. The molecule has 2 fully saturated rings. The van der Waals surface area contributed by atoms with Gasteiger partial charge in [-0.3, -0.25) is 15.6 Å². The summed E-state index contributed by atoms with van der Waals surface area (Å²) in [5.41, 5.74) is 7.29. The van der Waals surface area contributed by atoms with Gasteiger partial charge in [-0.25, -0.2) is 4.52 Å². The van der Waals surface area contributed by atoms with Gasteiger partial charge in [0, 0.05) is 24.3 Å². The van der Waals surface area contributed by atoms with Crippen molar-refractivity contribution in [3.05, 3.63) is 42.2 Å². The lowest BCUT2D eigenvalue weighted by Crippen LogP contribution is -2.49. The summed E-state index contributed by atoms with van der Waals surface area (Å²) < 4.78 is 1.71. The molecule has 5 N–H and O–H groups in total. The van der Waals surface area contributed by atoms with Gasteiger partial charge < -0.3 is 16.0 Å². The Hall–Kier alpha value is -3.67. The van der Waals surface area contributed by atoms with Crippen molar-refractivity contribution >= 4 is 28.7 Å². The Bertz CT molecular complexity index is 1050. The Kier molecular flexibility index (Phi) is 6.70. The highest BCUT2D eigenvalue weighted by Gasteiger charge is 2.41. The number of fused-ring (bicyclic) bond motifs is 3. The van der Waals surface area contributed by atoms with Gasteiger partial charge in [0.2, 0.25) is 0 Å². The van der Waals surface area contributed by atoms with E-state index in [0.29, 0.717) is 17.1 Å². The summed E-state index contributed by atoms with van der Waals surface area (Å²) in [6.07, 6.45) is 9.86. The molecule has 9 nitrogen and oxygen atoms in total. The first-order chi connectivity index (χ1) is 15.0. The summed E-state index contributed by atoms with van der Waals surface area (Å²) in [7, 11) is 0. The molecule has 2 aromatic rings. The highest BCUT2D eigenvalue weighted by Crippen LogP contribution is 2.38. The highest BCUT2D eigenvalue weighted by molar-refractivity contribution is 6.08. The van der Waals surface area contributed by atoms with E-state index in [4.69, 9.17) is 21.8 Å². The molecule has 2 atom stereocenters. The maximum atomic E-state index is 11.9. The van der Waals surface area contributed by atoms with Gasteiger partial charge in [0.15, 0.2) is 0 Å². The molecule has 2 aromatic heterocycles. The Morgan fingerprint density at radius 1 is 1.29 bits per heavy atom. The topological polar surface area (TPSA) is 147 Å². The quantitative estimate of drug-likeness (QED) is 0.434. The number of nitrogens with one attached hydrogen (secondary N) is 3. The van der Waals surface area contributed by atoms with E-state index in [9.17, 15) is 4.79 Å². The third-order valence-electron chi connectivity index (χ3n) is 5.72. The molecular formula is C22H28N8O. The van der Waals surface area contributed by atoms with Crippen molar-refractivity contribution < 1.29 is 4.79 Å². The van der Waals surface area contributed by atoms with Gasteiger partial charge in [-0.2, -0.15) is 10.4 Å². The number of nitrogens with two attached hydrogens (primary N) is 1. The van der Waals surface area contributed by atoms with Gasteiger partial charge >= 0.3 is 0 Å². The fourth-order valence-corrected chi connectivity index (χ4v) is 4.51. The van der Waals surface area contributed by atoms with Gasteiger partial charge in [0.25, 0.3) is 5.91 Å². The number of rotatable bonds is 5. The van der Waals surface area contributed by atoms with E-state index in [1.165, 1.54) is 18.3 Å². The van der Waals surface area contributed by atoms with Crippen LogP contribution in [0.2, 0.25) is 0 Å². The molecular weight excluding hydrogens is 392 g/mol. The van der Waals surface area contributed by atoms with Crippen LogP contribution in [0, 0.1) is 22.1 Å². The van der Waals surface area contributed by atoms with E-state index < -0.39 is 5.91 Å². The standard InChI is InChI=1S/C20H22N8O.C2H6/c21-10-12(22)3-6-18(23)28-14-4-5-15(28)9-13(8-14)26-19-16(20(24)29)11-25-27-7-1-2-17(19)27;1-2/h1-3,6-7,11,13-15,22-23,26H,4-5,8-9H2,(H2,24,29);1-2H3/b6-3-,22-12?,23-18?;. The molecule has 2 bridgehead atoms. The number of allylic oxidation sites excluding steroid dienone is 1. The average molecular weight is 421 g/mol. The average Bonchev–Trinajstić information content (AvgIpc) is 3.36. The third kappa shape index (κ3) is 4.43. The van der Waals surface area contributed by atoms with Crippen LogP contribution in [0.3, 0.4) is 0 Å². The first-order valence-electron chi connectivity index (χ1n) is 10.5. The second-order valence-corrected chi connectivity index (χ2v) is 7.48. The largest absolute Gasteiger partial charge is 0.380 e. The summed E-state index contributed by atoms with van der Waals surface area (Å²) in [5, 5.41) is 32.2. The van der Waals surface area contributed by atoms with E-state index in [2.05, 4.69) is 15.3 Å². The Morgan fingerprint density at radius 2 is 1.97 bits per heavy atom. The van der Waals surface area contributed by atoms with Crippen LogP contribution >= 0.6 is 0 Å². The zero-order valence-corrected chi connectivity index (χ0v) is 17.8. The van der Waals surface area contributed by atoms with Gasteiger partial charge in [-0.15, -0.1) is 0 Å². The second kappa shape index (κ2) is 9.43. The van der Waals surface area contributed by atoms with Crippen molar-refractivity contribution in [3.8, 4) is 6.07 Å². The molecule has 9 heteroatoms. The van der Waals surface area contributed by atoms with Gasteiger partial charge in [0.1, 0.15) is 17.6 Å². The van der Waals surface area contributed by atoms with E-state index in [1.807, 2.05) is 32.2 Å². The molecule has 162 valence electrons. The number of carbonyl (C=O) groups is 1. The van der Waals surface area contributed by atoms with E-state index in [1.54, 1.807) is 10.6 Å². The summed E-state index contributed by atoms with van der Waals surface area (Å²) >= 11 is 0. The predicted molar refractivity (Wildman–Crippen MR) is 121 cm³/mol. The molecule has 0 aromatic carbocycles. The van der Waals surface area contributed by atoms with Gasteiger partial charge in [-0.05, 0) is 50.0 Å². The fraction of sp³-hybridized carbons (Fsp3) is 0.409. The molecule has 0 saturated carbocycles. The normalized spacial score (nSPS) is 22.0. The van der Waals surface area contributed by atoms with Crippen LogP contribution in [-0.2, 0) is 0 Å². The molecule has 2 aliphatic heterocycles. The lowest BCUT2D eigenvalue weighted by atomic mass is 9.96. The van der Waals surface area contributed by atoms with E-state index in [0.717, 1.165) is 31.2 Å². The number of amidine groups is 1. The van der Waals surface area contributed by atoms with Crippen molar-refractivity contribution in [1.29, 1.82) is 16.1 Å². The summed E-state index contributed by atoms with van der Waals surface area (Å²) in [6.45, 7) is 4.00. The van der Waals surface area contributed by atoms with Crippen molar-refractivity contribution in [2.75, 3.05) is 5.32 Å². The molecule has 31 heavy (non-hydrogen) atoms. The van der Waals surface area contributed by atoms with Crippen LogP contribution in [0.1, 0.15) is 49.9 Å². The van der Waals surface area contributed by atoms with E-state index >= 15 is 0 Å². The summed E-state index contributed by atoms with van der Waals surface area (Å²) in [5.74, 6) is -0.178. The second-order valence-electron chi connectivity index (χ2n) is 7.48. The summed E-state index contributed by atoms with van der Waals surface area (Å²) in [6, 6.07) is 6.09. The number of primary amides is 1. The number of carbonyl (C=O) groups excluding carboxylic acids is 1. The first kappa shape index (κ1) is 22.0. The molecule has 0 aliphatic carbocycles. The van der Waals surface area contributed by atoms with Crippen LogP contribution in [-0.4, -0.2) is 50.1 Å². The molecule has 2 saturated heterocycles. The van der Waals surface area contributed by atoms with Crippen LogP contribution in [0.15, 0.2) is 36.7 Å². The maximum Gasteiger partial charge on any atom is 0.252 e. The number of nitrogens with zero attached hydrogens (tertiary/aromatic N) is 4. The van der Waals surface area contributed by atoms with Gasteiger partial charge in [0.05, 0.1) is 23.0 Å². The first-order valence-corrected chi connectivity index (χ1v) is 10.5. The lowest BCUT2D eigenvalue weighted by Gasteiger charge is -2.40. The Labute approximate surface area is 181 Å².